The number of hydrogen-bond acceptors (Lipinski definition) is 2. The Balaban J connectivity index is 2.81. The molecule has 0 saturated carbocycles. The van der Waals surface area contributed by atoms with Crippen molar-refractivity contribution in [2.45, 2.75) is 46.3 Å². The van der Waals surface area contributed by atoms with Crippen molar-refractivity contribution in [3.05, 3.63) is 11.8 Å². The lowest BCUT2D eigenvalue weighted by Gasteiger charge is -2.39. The van der Waals surface area contributed by atoms with Gasteiger partial charge in [0.2, 0.25) is 0 Å². The normalized spacial score (nSPS) is 29.4. The van der Waals surface area contributed by atoms with Crippen LogP contribution in [0, 0.1) is 5.92 Å². The lowest BCUT2D eigenvalue weighted by Crippen LogP contribution is -2.50. The van der Waals surface area contributed by atoms with Crippen LogP contribution in [0.25, 0.3) is 0 Å². The molecule has 2 nitrogen and oxygen atoms in total. The zero-order valence-electron chi connectivity index (χ0n) is 9.46. The van der Waals surface area contributed by atoms with Crippen LogP contribution >= 0.6 is 0 Å². The maximum absolute atomic E-state index is 3.55. The topological polar surface area (TPSA) is 15.3 Å². The van der Waals surface area contributed by atoms with Gasteiger partial charge in [0, 0.05) is 18.8 Å². The molecule has 13 heavy (non-hydrogen) atoms. The fraction of sp³-hybridized carbons (Fsp3) is 0.818. The van der Waals surface area contributed by atoms with E-state index < -0.39 is 0 Å². The fourth-order valence-corrected chi connectivity index (χ4v) is 1.85. The van der Waals surface area contributed by atoms with Crippen LogP contribution in [-0.2, 0) is 0 Å². The number of rotatable bonds is 2. The van der Waals surface area contributed by atoms with Gasteiger partial charge >= 0.3 is 0 Å². The Morgan fingerprint density at radius 1 is 1.54 bits per heavy atom. The molecular weight excluding hydrogens is 160 g/mol. The fourth-order valence-electron chi connectivity index (χ4n) is 1.85. The zero-order valence-corrected chi connectivity index (χ0v) is 9.46. The predicted octanol–water partition coefficient (Wildman–Crippen LogP) is 2.19. The van der Waals surface area contributed by atoms with Crippen LogP contribution < -0.4 is 5.32 Å². The first-order chi connectivity index (χ1) is 6.06. The number of hydrogen-bond donors (Lipinski definition) is 1. The van der Waals surface area contributed by atoms with E-state index >= 15 is 0 Å². The minimum atomic E-state index is 0.465. The van der Waals surface area contributed by atoms with E-state index in [-0.39, 0.29) is 0 Å². The molecule has 2 unspecified atom stereocenters. The van der Waals surface area contributed by atoms with Gasteiger partial charge in [-0.25, -0.2) is 0 Å². The molecule has 2 atom stereocenters. The highest BCUT2D eigenvalue weighted by Gasteiger charge is 2.22. The van der Waals surface area contributed by atoms with Crippen molar-refractivity contribution < 1.29 is 0 Å². The second kappa shape index (κ2) is 4.14. The molecule has 0 aliphatic carbocycles. The van der Waals surface area contributed by atoms with Crippen LogP contribution in [0.4, 0.5) is 0 Å². The molecule has 76 valence electrons. The van der Waals surface area contributed by atoms with E-state index in [2.05, 4.69) is 51.0 Å². The molecule has 1 aliphatic rings. The highest BCUT2D eigenvalue weighted by atomic mass is 15.3. The lowest BCUT2D eigenvalue weighted by molar-refractivity contribution is 0.216. The molecule has 0 aromatic carbocycles. The summed E-state index contributed by atoms with van der Waals surface area (Å²) >= 11 is 0. The summed E-state index contributed by atoms with van der Waals surface area (Å²) in [5.41, 5.74) is 1.47. The van der Waals surface area contributed by atoms with Gasteiger partial charge in [0.1, 0.15) is 0 Å². The van der Waals surface area contributed by atoms with E-state index in [9.17, 15) is 0 Å². The van der Waals surface area contributed by atoms with Gasteiger partial charge in [-0.05, 0) is 25.3 Å². The molecule has 0 fully saturated rings. The average molecular weight is 182 g/mol. The van der Waals surface area contributed by atoms with Gasteiger partial charge in [-0.15, -0.1) is 0 Å². The van der Waals surface area contributed by atoms with Crippen LogP contribution in [0.3, 0.4) is 0 Å². The zero-order chi connectivity index (χ0) is 10.0. The van der Waals surface area contributed by atoms with Crippen molar-refractivity contribution in [2.24, 2.45) is 5.92 Å². The average Bonchev–Trinajstić information content (AvgIpc) is 2.09. The van der Waals surface area contributed by atoms with E-state index in [1.165, 1.54) is 12.1 Å². The molecule has 0 radical (unpaired) electrons. The minimum Gasteiger partial charge on any atom is -0.363 e. The summed E-state index contributed by atoms with van der Waals surface area (Å²) in [6.45, 7) is 8.96. The Bertz CT molecular complexity index is 196. The Morgan fingerprint density at radius 3 is 2.62 bits per heavy atom. The highest BCUT2D eigenvalue weighted by Crippen LogP contribution is 2.21. The molecule has 1 N–H and O–H groups in total. The molecule has 2 heteroatoms. The molecule has 0 spiro atoms. The molecule has 1 heterocycles. The van der Waals surface area contributed by atoms with Crippen molar-refractivity contribution in [1.82, 2.24) is 10.2 Å². The summed E-state index contributed by atoms with van der Waals surface area (Å²) in [6, 6.07) is 0.559. The molecule has 1 rings (SSSR count). The minimum absolute atomic E-state index is 0.465. The van der Waals surface area contributed by atoms with Crippen molar-refractivity contribution in [2.75, 3.05) is 7.05 Å². The van der Waals surface area contributed by atoms with Gasteiger partial charge in [0.25, 0.3) is 0 Å². The van der Waals surface area contributed by atoms with E-state index in [4.69, 9.17) is 0 Å². The van der Waals surface area contributed by atoms with Crippen LogP contribution in [0.1, 0.15) is 34.1 Å². The maximum atomic E-state index is 3.55. The molecular formula is C11H22N2. The summed E-state index contributed by atoms with van der Waals surface area (Å²) in [6.07, 6.45) is 4.01. The summed E-state index contributed by atoms with van der Waals surface area (Å²) < 4.78 is 0. The van der Waals surface area contributed by atoms with Gasteiger partial charge in [0.05, 0.1) is 6.17 Å². The van der Waals surface area contributed by atoms with Crippen LogP contribution in [0.5, 0.6) is 0 Å². The molecule has 0 bridgehead atoms. The molecule has 1 aliphatic heterocycles. The lowest BCUT2D eigenvalue weighted by atomic mass is 10.0. The van der Waals surface area contributed by atoms with Crippen LogP contribution in [0.2, 0.25) is 0 Å². The first kappa shape index (κ1) is 10.6. The van der Waals surface area contributed by atoms with Crippen molar-refractivity contribution in [3.63, 3.8) is 0 Å². The highest BCUT2D eigenvalue weighted by molar-refractivity contribution is 5.12. The monoisotopic (exact) mass is 182 g/mol. The van der Waals surface area contributed by atoms with Crippen molar-refractivity contribution in [3.8, 4) is 0 Å². The summed E-state index contributed by atoms with van der Waals surface area (Å²) in [5.74, 6) is 0.628. The maximum Gasteiger partial charge on any atom is 0.0765 e. The summed E-state index contributed by atoms with van der Waals surface area (Å²) in [7, 11) is 2.16. The second-order valence-electron chi connectivity index (χ2n) is 4.21. The number of nitrogens with one attached hydrogen (secondary N) is 1. The number of nitrogens with zero attached hydrogens (tertiary/aromatic N) is 1. The van der Waals surface area contributed by atoms with E-state index in [1.54, 1.807) is 0 Å². The summed E-state index contributed by atoms with van der Waals surface area (Å²) in [5, 5.41) is 3.55. The van der Waals surface area contributed by atoms with Gasteiger partial charge in [0.15, 0.2) is 0 Å². The van der Waals surface area contributed by atoms with Crippen LogP contribution in [-0.4, -0.2) is 24.2 Å². The van der Waals surface area contributed by atoms with Gasteiger partial charge in [-0.1, -0.05) is 20.8 Å². The van der Waals surface area contributed by atoms with Gasteiger partial charge < -0.3 is 4.90 Å². The SMILES string of the molecule is CCC1C=C(C(C)C)N(C)C(C)N1. The number of allylic oxidation sites excluding steroid dienone is 1. The third-order valence-corrected chi connectivity index (χ3v) is 2.85. The summed E-state index contributed by atoms with van der Waals surface area (Å²) in [4.78, 5) is 2.33. The third kappa shape index (κ3) is 2.25. The van der Waals surface area contributed by atoms with Crippen molar-refractivity contribution >= 4 is 0 Å². The standard InChI is InChI=1S/C11H22N2/c1-6-10-7-11(8(2)3)13(5)9(4)12-10/h7-10,12H,6H2,1-5H3. The predicted molar refractivity (Wildman–Crippen MR) is 57.4 cm³/mol. The van der Waals surface area contributed by atoms with Crippen LogP contribution in [0.15, 0.2) is 11.8 Å². The Hall–Kier alpha value is -0.500. The largest absolute Gasteiger partial charge is 0.363 e. The Labute approximate surface area is 82.0 Å². The Kier molecular flexibility index (Phi) is 3.37. The van der Waals surface area contributed by atoms with Gasteiger partial charge in [-0.2, -0.15) is 0 Å². The first-order valence-corrected chi connectivity index (χ1v) is 5.26. The van der Waals surface area contributed by atoms with E-state index in [0.29, 0.717) is 18.1 Å². The molecule has 0 saturated heterocycles. The first-order valence-electron chi connectivity index (χ1n) is 5.26. The van der Waals surface area contributed by atoms with E-state index in [1.807, 2.05) is 0 Å². The molecule has 0 aromatic rings. The Morgan fingerprint density at radius 2 is 2.15 bits per heavy atom. The quantitative estimate of drug-likeness (QED) is 0.704. The molecule has 0 aromatic heterocycles. The van der Waals surface area contributed by atoms with Gasteiger partial charge in [-0.3, -0.25) is 5.32 Å². The van der Waals surface area contributed by atoms with E-state index in [0.717, 1.165) is 0 Å². The third-order valence-electron chi connectivity index (χ3n) is 2.85. The van der Waals surface area contributed by atoms with Crippen molar-refractivity contribution in [1.29, 1.82) is 0 Å². The molecule has 0 amide bonds. The smallest absolute Gasteiger partial charge is 0.0765 e. The second-order valence-corrected chi connectivity index (χ2v) is 4.21.